The molecule has 0 spiro atoms. The lowest BCUT2D eigenvalue weighted by molar-refractivity contribution is 1.05. The van der Waals surface area contributed by atoms with Gasteiger partial charge in [-0.3, -0.25) is 0 Å². The molecule has 0 saturated heterocycles. The van der Waals surface area contributed by atoms with Crippen molar-refractivity contribution in [2.45, 2.75) is 9.92 Å². The highest BCUT2D eigenvalue weighted by molar-refractivity contribution is 7.99. The third-order valence-corrected chi connectivity index (χ3v) is 5.06. The number of hydrogen-bond donors (Lipinski definition) is 0. The van der Waals surface area contributed by atoms with Crippen LogP contribution in [0.2, 0.25) is 5.02 Å². The maximum absolute atomic E-state index is 6.14. The van der Waals surface area contributed by atoms with Crippen molar-refractivity contribution in [3.05, 3.63) is 90.1 Å². The second-order valence-electron chi connectivity index (χ2n) is 5.28. The Morgan fingerprint density at radius 1 is 0.783 bits per heavy atom. The van der Waals surface area contributed by atoms with Gasteiger partial charge in [0.1, 0.15) is 0 Å². The first kappa shape index (κ1) is 14.4. The molecule has 2 heterocycles. The summed E-state index contributed by atoms with van der Waals surface area (Å²) in [6.45, 7) is 0. The first-order chi connectivity index (χ1) is 11.3. The van der Waals surface area contributed by atoms with Gasteiger partial charge in [-0.2, -0.15) is 0 Å². The Kier molecular flexibility index (Phi) is 3.86. The fourth-order valence-corrected chi connectivity index (χ4v) is 4.03. The van der Waals surface area contributed by atoms with Gasteiger partial charge in [0.25, 0.3) is 0 Å². The predicted molar refractivity (Wildman–Crippen MR) is 98.4 cm³/mol. The summed E-state index contributed by atoms with van der Waals surface area (Å²) < 4.78 is 2.23. The Morgan fingerprint density at radius 2 is 1.61 bits per heavy atom. The molecule has 0 unspecified atom stereocenters. The fourth-order valence-electron chi connectivity index (χ4n) is 2.67. The van der Waals surface area contributed by atoms with Crippen LogP contribution in [0.25, 0.3) is 16.6 Å². The largest absolute Gasteiger partial charge is 0.311 e. The molecule has 112 valence electrons. The van der Waals surface area contributed by atoms with Crippen molar-refractivity contribution < 1.29 is 0 Å². The van der Waals surface area contributed by atoms with Crippen LogP contribution >= 0.6 is 23.4 Å². The van der Waals surface area contributed by atoms with E-state index in [0.29, 0.717) is 0 Å². The monoisotopic (exact) mass is 335 g/mol. The number of halogens is 1. The summed E-state index contributed by atoms with van der Waals surface area (Å²) in [5, 5.41) is 1.96. The lowest BCUT2D eigenvalue weighted by atomic mass is 10.1. The van der Waals surface area contributed by atoms with E-state index in [0.717, 1.165) is 9.92 Å². The molecule has 4 rings (SSSR count). The van der Waals surface area contributed by atoms with Gasteiger partial charge < -0.3 is 4.40 Å². The minimum atomic E-state index is 0.761. The molecule has 23 heavy (non-hydrogen) atoms. The molecule has 0 aliphatic carbocycles. The van der Waals surface area contributed by atoms with E-state index in [9.17, 15) is 0 Å². The van der Waals surface area contributed by atoms with Crippen molar-refractivity contribution in [3.63, 3.8) is 0 Å². The Morgan fingerprint density at radius 3 is 2.43 bits per heavy atom. The van der Waals surface area contributed by atoms with E-state index in [-0.39, 0.29) is 0 Å². The Bertz CT molecular complexity index is 960. The molecule has 0 bridgehead atoms. The fraction of sp³-hybridized carbons (Fsp3) is 0. The normalized spacial score (nSPS) is 11.0. The first-order valence-corrected chi connectivity index (χ1v) is 8.60. The standard InChI is InChI=1S/C20H14ClNS/c21-16-9-6-11-18(13-16)23-20-19(15-7-2-1-3-8-15)14-17-10-4-5-12-22(17)20/h1-14H. The van der Waals surface area contributed by atoms with E-state index in [2.05, 4.69) is 65.2 Å². The van der Waals surface area contributed by atoms with Gasteiger partial charge >= 0.3 is 0 Å². The molecule has 0 saturated carbocycles. The Balaban J connectivity index is 1.89. The van der Waals surface area contributed by atoms with Gasteiger partial charge in [0, 0.05) is 27.2 Å². The van der Waals surface area contributed by atoms with Crippen LogP contribution in [-0.2, 0) is 0 Å². The number of hydrogen-bond acceptors (Lipinski definition) is 1. The van der Waals surface area contributed by atoms with E-state index in [1.165, 1.54) is 21.7 Å². The molecule has 2 aromatic heterocycles. The average Bonchev–Trinajstić information content (AvgIpc) is 2.95. The Hall–Kier alpha value is -2.16. The van der Waals surface area contributed by atoms with Crippen molar-refractivity contribution in [1.29, 1.82) is 0 Å². The molecule has 0 atom stereocenters. The summed E-state index contributed by atoms with van der Waals surface area (Å²) in [6, 6.07) is 27.0. The van der Waals surface area contributed by atoms with Gasteiger partial charge in [0.15, 0.2) is 0 Å². The maximum atomic E-state index is 6.14. The van der Waals surface area contributed by atoms with Crippen LogP contribution in [0.5, 0.6) is 0 Å². The molecule has 0 N–H and O–H groups in total. The number of rotatable bonds is 3. The quantitative estimate of drug-likeness (QED) is 0.418. The average molecular weight is 336 g/mol. The second-order valence-corrected chi connectivity index (χ2v) is 6.78. The summed E-state index contributed by atoms with van der Waals surface area (Å²) in [7, 11) is 0. The minimum absolute atomic E-state index is 0.761. The van der Waals surface area contributed by atoms with Crippen LogP contribution in [0.3, 0.4) is 0 Å². The molecule has 2 aromatic carbocycles. The van der Waals surface area contributed by atoms with Gasteiger partial charge in [-0.1, -0.05) is 65.8 Å². The van der Waals surface area contributed by atoms with Crippen molar-refractivity contribution in [2.75, 3.05) is 0 Å². The molecule has 3 heteroatoms. The highest BCUT2D eigenvalue weighted by Crippen LogP contribution is 2.38. The third-order valence-electron chi connectivity index (χ3n) is 3.73. The highest BCUT2D eigenvalue weighted by Gasteiger charge is 2.13. The SMILES string of the molecule is Clc1cccc(Sc2c(-c3ccccc3)cc3ccccn23)c1. The molecular formula is C20H14ClNS. The molecule has 0 amide bonds. The maximum Gasteiger partial charge on any atom is 0.0922 e. The molecule has 0 aliphatic heterocycles. The smallest absolute Gasteiger partial charge is 0.0922 e. The van der Waals surface area contributed by atoms with Crippen LogP contribution in [0.1, 0.15) is 0 Å². The zero-order chi connectivity index (χ0) is 15.6. The van der Waals surface area contributed by atoms with Gasteiger partial charge in [-0.25, -0.2) is 0 Å². The van der Waals surface area contributed by atoms with E-state index >= 15 is 0 Å². The molecule has 1 nitrogen and oxygen atoms in total. The summed E-state index contributed by atoms with van der Waals surface area (Å²) in [5.41, 5.74) is 3.65. The number of aromatic nitrogens is 1. The van der Waals surface area contributed by atoms with Crippen LogP contribution in [0.15, 0.2) is 95.0 Å². The van der Waals surface area contributed by atoms with Crippen LogP contribution in [0, 0.1) is 0 Å². The van der Waals surface area contributed by atoms with Gasteiger partial charge in [-0.05, 0) is 42.0 Å². The van der Waals surface area contributed by atoms with Crippen LogP contribution in [-0.4, -0.2) is 4.40 Å². The van der Waals surface area contributed by atoms with Gasteiger partial charge in [0.2, 0.25) is 0 Å². The zero-order valence-corrected chi connectivity index (χ0v) is 13.9. The molecule has 0 fully saturated rings. The van der Waals surface area contributed by atoms with E-state index in [1.807, 2.05) is 24.3 Å². The van der Waals surface area contributed by atoms with Crippen molar-refractivity contribution >= 4 is 28.9 Å². The number of pyridine rings is 1. The lowest BCUT2D eigenvalue weighted by Gasteiger charge is -2.07. The highest BCUT2D eigenvalue weighted by atomic mass is 35.5. The molecule has 0 radical (unpaired) electrons. The summed E-state index contributed by atoms with van der Waals surface area (Å²) >= 11 is 7.88. The number of nitrogens with zero attached hydrogens (tertiary/aromatic N) is 1. The number of fused-ring (bicyclic) bond motifs is 1. The summed E-state index contributed by atoms with van der Waals surface area (Å²) in [5.74, 6) is 0. The van der Waals surface area contributed by atoms with Crippen molar-refractivity contribution in [1.82, 2.24) is 4.40 Å². The Labute approximate surface area is 144 Å². The van der Waals surface area contributed by atoms with E-state index < -0.39 is 0 Å². The van der Waals surface area contributed by atoms with Gasteiger partial charge in [-0.15, -0.1) is 0 Å². The van der Waals surface area contributed by atoms with Gasteiger partial charge in [0.05, 0.1) is 5.03 Å². The molecule has 0 aliphatic rings. The van der Waals surface area contributed by atoms with E-state index in [4.69, 9.17) is 11.6 Å². The minimum Gasteiger partial charge on any atom is -0.311 e. The summed E-state index contributed by atoms with van der Waals surface area (Å²) in [6.07, 6.45) is 2.11. The van der Waals surface area contributed by atoms with Crippen LogP contribution in [0.4, 0.5) is 0 Å². The second kappa shape index (κ2) is 6.15. The van der Waals surface area contributed by atoms with E-state index in [1.54, 1.807) is 11.8 Å². The first-order valence-electron chi connectivity index (χ1n) is 7.40. The topological polar surface area (TPSA) is 4.41 Å². The lowest BCUT2D eigenvalue weighted by Crippen LogP contribution is -1.86. The molecular weight excluding hydrogens is 322 g/mol. The zero-order valence-electron chi connectivity index (χ0n) is 12.3. The van der Waals surface area contributed by atoms with Crippen molar-refractivity contribution in [2.24, 2.45) is 0 Å². The molecule has 4 aromatic rings. The van der Waals surface area contributed by atoms with Crippen molar-refractivity contribution in [3.8, 4) is 11.1 Å². The summed E-state index contributed by atoms with van der Waals surface area (Å²) in [4.78, 5) is 1.14. The number of benzene rings is 2. The van der Waals surface area contributed by atoms with Crippen LogP contribution < -0.4 is 0 Å². The predicted octanol–water partition coefficient (Wildman–Crippen LogP) is 6.41. The third kappa shape index (κ3) is 2.88.